The van der Waals surface area contributed by atoms with Gasteiger partial charge in [-0.3, -0.25) is 9.79 Å². The third kappa shape index (κ3) is 9.03. The zero-order valence-corrected chi connectivity index (χ0v) is 18.6. The fourth-order valence-corrected chi connectivity index (χ4v) is 3.53. The number of hydrogen-bond donors (Lipinski definition) is 4. The van der Waals surface area contributed by atoms with E-state index in [1.54, 1.807) is 0 Å². The molecule has 0 radical (unpaired) electrons. The van der Waals surface area contributed by atoms with Gasteiger partial charge < -0.3 is 25.8 Å². The van der Waals surface area contributed by atoms with Gasteiger partial charge in [0.15, 0.2) is 5.96 Å². The highest BCUT2D eigenvalue weighted by Crippen LogP contribution is 2.20. The predicted octanol–water partition coefficient (Wildman–Crippen LogP) is 2.90. The van der Waals surface area contributed by atoms with E-state index in [9.17, 15) is 9.90 Å². The van der Waals surface area contributed by atoms with Gasteiger partial charge >= 0.3 is 0 Å². The van der Waals surface area contributed by atoms with Crippen molar-refractivity contribution in [3.63, 3.8) is 0 Å². The molecule has 1 saturated carbocycles. The van der Waals surface area contributed by atoms with Crippen molar-refractivity contribution in [1.82, 2.24) is 16.0 Å². The summed E-state index contributed by atoms with van der Waals surface area (Å²) in [6.45, 7) is 7.34. The third-order valence-electron chi connectivity index (χ3n) is 5.00. The molecule has 1 aromatic carbocycles. The summed E-state index contributed by atoms with van der Waals surface area (Å²) < 4.78 is 5.69. The van der Waals surface area contributed by atoms with Crippen molar-refractivity contribution in [1.29, 1.82) is 0 Å². The fourth-order valence-electron chi connectivity index (χ4n) is 3.53. The Bertz CT molecular complexity index is 672. The molecule has 1 aromatic rings. The molecule has 0 saturated heterocycles. The molecule has 0 spiro atoms. The smallest absolute Gasteiger partial charge is 0.221 e. The van der Waals surface area contributed by atoms with Crippen molar-refractivity contribution in [2.75, 3.05) is 19.6 Å². The number of amides is 1. The number of guanidine groups is 1. The summed E-state index contributed by atoms with van der Waals surface area (Å²) in [6, 6.07) is 7.79. The molecule has 0 aliphatic heterocycles. The van der Waals surface area contributed by atoms with E-state index in [2.05, 4.69) is 20.9 Å². The summed E-state index contributed by atoms with van der Waals surface area (Å²) in [6.07, 6.45) is 5.61. The summed E-state index contributed by atoms with van der Waals surface area (Å²) in [5.41, 5.74) is 0.764. The van der Waals surface area contributed by atoms with Gasteiger partial charge in [-0.2, -0.15) is 0 Å². The van der Waals surface area contributed by atoms with Gasteiger partial charge in [0.05, 0.1) is 18.8 Å². The highest BCUT2D eigenvalue weighted by Gasteiger charge is 2.15. The Labute approximate surface area is 180 Å². The molecular weight excluding hydrogens is 380 g/mol. The molecule has 0 aromatic heterocycles. The maximum absolute atomic E-state index is 12.1. The Morgan fingerprint density at radius 1 is 1.23 bits per heavy atom. The van der Waals surface area contributed by atoms with Crippen LogP contribution in [0.4, 0.5) is 0 Å². The molecule has 1 aliphatic rings. The maximum atomic E-state index is 12.1. The number of benzene rings is 1. The monoisotopic (exact) mass is 418 g/mol. The average molecular weight is 419 g/mol. The SMILES string of the molecule is CCNC(=NCC(O)c1cccc(OC(C)C)c1)NCCC(=O)NC1CCCCC1. The van der Waals surface area contributed by atoms with E-state index in [0.29, 0.717) is 31.5 Å². The lowest BCUT2D eigenvalue weighted by molar-refractivity contribution is -0.121. The normalized spacial score (nSPS) is 16.2. The number of aliphatic imine (C=N–C) groups is 1. The van der Waals surface area contributed by atoms with Crippen LogP contribution in [0.1, 0.15) is 71.0 Å². The van der Waals surface area contributed by atoms with Crippen LogP contribution in [0.2, 0.25) is 0 Å². The van der Waals surface area contributed by atoms with Crippen LogP contribution in [0.25, 0.3) is 0 Å². The molecule has 1 aliphatic carbocycles. The number of ether oxygens (including phenoxy) is 1. The van der Waals surface area contributed by atoms with Crippen molar-refractivity contribution >= 4 is 11.9 Å². The molecule has 1 amide bonds. The van der Waals surface area contributed by atoms with Crippen LogP contribution in [-0.2, 0) is 4.79 Å². The van der Waals surface area contributed by atoms with Crippen LogP contribution >= 0.6 is 0 Å². The second-order valence-electron chi connectivity index (χ2n) is 8.05. The van der Waals surface area contributed by atoms with E-state index >= 15 is 0 Å². The molecule has 7 heteroatoms. The Morgan fingerprint density at radius 3 is 2.70 bits per heavy atom. The van der Waals surface area contributed by atoms with Crippen molar-refractivity contribution in [3.8, 4) is 5.75 Å². The van der Waals surface area contributed by atoms with E-state index in [-0.39, 0.29) is 18.6 Å². The van der Waals surface area contributed by atoms with Gasteiger partial charge in [-0.05, 0) is 51.3 Å². The molecule has 7 nitrogen and oxygen atoms in total. The Hall–Kier alpha value is -2.28. The number of nitrogens with zero attached hydrogens (tertiary/aromatic N) is 1. The van der Waals surface area contributed by atoms with Crippen molar-refractivity contribution < 1.29 is 14.6 Å². The minimum atomic E-state index is -0.731. The van der Waals surface area contributed by atoms with Gasteiger partial charge in [-0.15, -0.1) is 0 Å². The van der Waals surface area contributed by atoms with Crippen LogP contribution in [0.3, 0.4) is 0 Å². The lowest BCUT2D eigenvalue weighted by Gasteiger charge is -2.22. The minimum Gasteiger partial charge on any atom is -0.491 e. The molecule has 4 N–H and O–H groups in total. The predicted molar refractivity (Wildman–Crippen MR) is 121 cm³/mol. The molecule has 1 fully saturated rings. The Morgan fingerprint density at radius 2 is 2.00 bits per heavy atom. The van der Waals surface area contributed by atoms with Crippen LogP contribution in [0, 0.1) is 0 Å². The first kappa shape index (κ1) is 24.0. The van der Waals surface area contributed by atoms with E-state index in [4.69, 9.17) is 4.74 Å². The lowest BCUT2D eigenvalue weighted by atomic mass is 9.95. The topological polar surface area (TPSA) is 95.0 Å². The quantitative estimate of drug-likeness (QED) is 0.346. The number of hydrogen-bond acceptors (Lipinski definition) is 4. The van der Waals surface area contributed by atoms with E-state index < -0.39 is 6.10 Å². The lowest BCUT2D eigenvalue weighted by Crippen LogP contribution is -2.41. The van der Waals surface area contributed by atoms with Gasteiger partial charge in [0.25, 0.3) is 0 Å². The van der Waals surface area contributed by atoms with Crippen molar-refractivity contribution in [2.24, 2.45) is 4.99 Å². The number of rotatable bonds is 10. The van der Waals surface area contributed by atoms with Crippen LogP contribution < -0.4 is 20.7 Å². The standard InChI is InChI=1S/C23H38N4O3/c1-4-24-23(25-14-13-22(29)27-19-10-6-5-7-11-19)26-16-21(28)18-9-8-12-20(15-18)30-17(2)3/h8-9,12,15,17,19,21,28H,4-7,10-11,13-14,16H2,1-3H3,(H,27,29)(H2,24,25,26). The summed E-state index contributed by atoms with van der Waals surface area (Å²) in [4.78, 5) is 16.6. The number of carbonyl (C=O) groups excluding carboxylic acids is 1. The highest BCUT2D eigenvalue weighted by molar-refractivity contribution is 5.81. The highest BCUT2D eigenvalue weighted by atomic mass is 16.5. The van der Waals surface area contributed by atoms with E-state index in [1.807, 2.05) is 45.0 Å². The molecule has 1 unspecified atom stereocenters. The third-order valence-corrected chi connectivity index (χ3v) is 5.00. The summed E-state index contributed by atoms with van der Waals surface area (Å²) in [5.74, 6) is 1.41. The summed E-state index contributed by atoms with van der Waals surface area (Å²) in [5, 5.41) is 20.0. The zero-order chi connectivity index (χ0) is 21.8. The molecule has 168 valence electrons. The van der Waals surface area contributed by atoms with Gasteiger partial charge in [0.2, 0.25) is 5.91 Å². The van der Waals surface area contributed by atoms with Crippen LogP contribution in [0.5, 0.6) is 5.75 Å². The van der Waals surface area contributed by atoms with Crippen molar-refractivity contribution in [3.05, 3.63) is 29.8 Å². The molecular formula is C23H38N4O3. The zero-order valence-electron chi connectivity index (χ0n) is 18.6. The first-order valence-electron chi connectivity index (χ1n) is 11.2. The first-order chi connectivity index (χ1) is 14.5. The number of nitrogens with one attached hydrogen (secondary N) is 3. The van der Waals surface area contributed by atoms with Gasteiger partial charge in [0.1, 0.15) is 5.75 Å². The van der Waals surface area contributed by atoms with Crippen LogP contribution in [0.15, 0.2) is 29.3 Å². The second kappa shape index (κ2) is 13.1. The van der Waals surface area contributed by atoms with Gasteiger partial charge in [-0.1, -0.05) is 31.4 Å². The van der Waals surface area contributed by atoms with Gasteiger partial charge in [-0.25, -0.2) is 0 Å². The second-order valence-corrected chi connectivity index (χ2v) is 8.05. The average Bonchev–Trinajstić information content (AvgIpc) is 2.72. The molecule has 0 bridgehead atoms. The maximum Gasteiger partial charge on any atom is 0.221 e. The van der Waals surface area contributed by atoms with Crippen molar-refractivity contribution in [2.45, 2.75) is 77.5 Å². The summed E-state index contributed by atoms with van der Waals surface area (Å²) in [7, 11) is 0. The molecule has 0 heterocycles. The van der Waals surface area contributed by atoms with Crippen LogP contribution in [-0.4, -0.2) is 48.8 Å². The van der Waals surface area contributed by atoms with Gasteiger partial charge in [0, 0.05) is 25.6 Å². The Balaban J connectivity index is 1.80. The van der Waals surface area contributed by atoms with E-state index in [1.165, 1.54) is 19.3 Å². The number of aliphatic hydroxyl groups excluding tert-OH is 1. The minimum absolute atomic E-state index is 0.0762. The van der Waals surface area contributed by atoms with E-state index in [0.717, 1.165) is 24.2 Å². The number of aliphatic hydroxyl groups is 1. The molecule has 1 atom stereocenters. The molecule has 30 heavy (non-hydrogen) atoms. The first-order valence-corrected chi connectivity index (χ1v) is 11.2. The Kier molecular flexibility index (Phi) is 10.5. The number of carbonyl (C=O) groups is 1. The fraction of sp³-hybridized carbons (Fsp3) is 0.652. The largest absolute Gasteiger partial charge is 0.491 e. The molecule has 2 rings (SSSR count). The summed E-state index contributed by atoms with van der Waals surface area (Å²) >= 11 is 0.